The fourth-order valence-corrected chi connectivity index (χ4v) is 3.91. The highest BCUT2D eigenvalue weighted by Gasteiger charge is 2.23. The van der Waals surface area contributed by atoms with E-state index in [0.717, 1.165) is 28.7 Å². The summed E-state index contributed by atoms with van der Waals surface area (Å²) in [5, 5.41) is 0.696. The van der Waals surface area contributed by atoms with Crippen LogP contribution in [-0.2, 0) is 6.54 Å². The lowest BCUT2D eigenvalue weighted by Gasteiger charge is -2.18. The van der Waals surface area contributed by atoms with Gasteiger partial charge in [0.2, 0.25) is 0 Å². The Labute approximate surface area is 166 Å². The van der Waals surface area contributed by atoms with Crippen molar-refractivity contribution in [3.05, 3.63) is 66.6 Å². The molecule has 0 atom stereocenters. The molecule has 1 amide bonds. The third kappa shape index (κ3) is 4.04. The van der Waals surface area contributed by atoms with Gasteiger partial charge in [-0.05, 0) is 37.1 Å². The highest BCUT2D eigenvalue weighted by atomic mass is 35.5. The molecule has 0 fully saturated rings. The first kappa shape index (κ1) is 19.1. The maximum Gasteiger partial charge on any atom is 0.295 e. The second kappa shape index (κ2) is 8.37. The van der Waals surface area contributed by atoms with Gasteiger partial charge >= 0.3 is 0 Å². The van der Waals surface area contributed by atoms with Gasteiger partial charge in [0.05, 0.1) is 22.8 Å². The highest BCUT2D eigenvalue weighted by molar-refractivity contribution is 7.22. The van der Waals surface area contributed by atoms with E-state index in [1.165, 1.54) is 17.6 Å². The Morgan fingerprint density at radius 1 is 1.30 bits per heavy atom. The third-order valence-electron chi connectivity index (χ3n) is 4.17. The van der Waals surface area contributed by atoms with E-state index in [1.807, 2.05) is 35.9 Å². The average Bonchev–Trinajstić information content (AvgIpc) is 3.39. The number of benzene rings is 1. The second-order valence-corrected chi connectivity index (χ2v) is 7.02. The quantitative estimate of drug-likeness (QED) is 0.474. The number of rotatable bonds is 6. The number of aromatic nitrogens is 3. The predicted molar refractivity (Wildman–Crippen MR) is 109 cm³/mol. The molecule has 0 aliphatic heterocycles. The summed E-state index contributed by atoms with van der Waals surface area (Å²) >= 11 is 1.53. The Bertz CT molecular complexity index is 1010. The molecule has 6 nitrogen and oxygen atoms in total. The molecule has 0 saturated heterocycles. The van der Waals surface area contributed by atoms with Crippen molar-refractivity contribution in [3.8, 4) is 0 Å². The highest BCUT2D eigenvalue weighted by Crippen LogP contribution is 2.31. The molecule has 0 bridgehead atoms. The van der Waals surface area contributed by atoms with Crippen molar-refractivity contribution in [2.45, 2.75) is 19.9 Å². The van der Waals surface area contributed by atoms with Crippen LogP contribution in [0.15, 0.2) is 59.7 Å². The Morgan fingerprint density at radius 3 is 2.89 bits per heavy atom. The summed E-state index contributed by atoms with van der Waals surface area (Å²) in [4.78, 5) is 23.4. The third-order valence-corrected chi connectivity index (χ3v) is 5.22. The van der Waals surface area contributed by atoms with Crippen LogP contribution in [0.3, 0.4) is 0 Å². The molecule has 3 heterocycles. The van der Waals surface area contributed by atoms with E-state index in [2.05, 4.69) is 4.98 Å². The standard InChI is InChI=1S/C19H18N4O2S.ClH/c1-14-5-2-7-16-17(14)21-19(26-16)23(18(24)15-6-3-12-25-15)10-4-9-22-11-8-20-13-22;/h2-3,5-8,11-13H,4,9-10H2,1H3;1H. The van der Waals surface area contributed by atoms with E-state index in [0.29, 0.717) is 17.4 Å². The Kier molecular flexibility index (Phi) is 5.93. The molecular formula is C19H19ClN4O2S. The van der Waals surface area contributed by atoms with Crippen LogP contribution in [0.2, 0.25) is 0 Å². The predicted octanol–water partition coefficient (Wildman–Crippen LogP) is 4.55. The first-order chi connectivity index (χ1) is 12.7. The number of aryl methyl sites for hydroxylation is 2. The number of carbonyl (C=O) groups excluding carboxylic acids is 1. The lowest BCUT2D eigenvalue weighted by atomic mass is 10.2. The largest absolute Gasteiger partial charge is 0.459 e. The molecule has 140 valence electrons. The van der Waals surface area contributed by atoms with E-state index < -0.39 is 0 Å². The Hall–Kier alpha value is -2.64. The van der Waals surface area contributed by atoms with Gasteiger partial charge in [-0.15, -0.1) is 12.4 Å². The van der Waals surface area contributed by atoms with E-state index >= 15 is 0 Å². The van der Waals surface area contributed by atoms with Crippen LogP contribution in [0.1, 0.15) is 22.5 Å². The minimum atomic E-state index is -0.169. The van der Waals surface area contributed by atoms with Crippen molar-refractivity contribution >= 4 is 45.0 Å². The molecule has 4 rings (SSSR count). The summed E-state index contributed by atoms with van der Waals surface area (Å²) in [6, 6.07) is 9.48. The van der Waals surface area contributed by atoms with Gasteiger partial charge in [-0.1, -0.05) is 23.5 Å². The van der Waals surface area contributed by atoms with Crippen molar-refractivity contribution in [1.29, 1.82) is 0 Å². The van der Waals surface area contributed by atoms with Gasteiger partial charge in [-0.3, -0.25) is 9.69 Å². The fraction of sp³-hybridized carbons (Fsp3) is 0.211. The Balaban J connectivity index is 0.00000210. The molecule has 4 aromatic rings. The van der Waals surface area contributed by atoms with Gasteiger partial charge in [0.1, 0.15) is 0 Å². The lowest BCUT2D eigenvalue weighted by molar-refractivity contribution is 0.0959. The summed E-state index contributed by atoms with van der Waals surface area (Å²) in [5.74, 6) is 0.154. The number of amides is 1. The number of fused-ring (bicyclic) bond motifs is 1. The summed E-state index contributed by atoms with van der Waals surface area (Å²) in [6.07, 6.45) is 7.75. The van der Waals surface area contributed by atoms with Crippen LogP contribution in [-0.4, -0.2) is 27.0 Å². The van der Waals surface area contributed by atoms with Crippen LogP contribution in [0.5, 0.6) is 0 Å². The lowest BCUT2D eigenvalue weighted by Crippen LogP contribution is -2.32. The van der Waals surface area contributed by atoms with Crippen LogP contribution in [0.25, 0.3) is 10.2 Å². The van der Waals surface area contributed by atoms with E-state index in [9.17, 15) is 4.79 Å². The maximum atomic E-state index is 12.9. The number of carbonyl (C=O) groups is 1. The van der Waals surface area contributed by atoms with Crippen molar-refractivity contribution in [1.82, 2.24) is 14.5 Å². The first-order valence-electron chi connectivity index (χ1n) is 8.39. The van der Waals surface area contributed by atoms with E-state index in [-0.39, 0.29) is 18.3 Å². The molecule has 0 N–H and O–H groups in total. The van der Waals surface area contributed by atoms with E-state index in [4.69, 9.17) is 9.40 Å². The molecule has 27 heavy (non-hydrogen) atoms. The van der Waals surface area contributed by atoms with Crippen molar-refractivity contribution in [3.63, 3.8) is 0 Å². The molecule has 0 aliphatic carbocycles. The normalized spacial score (nSPS) is 10.7. The number of para-hydroxylation sites is 1. The zero-order chi connectivity index (χ0) is 17.9. The summed E-state index contributed by atoms with van der Waals surface area (Å²) in [7, 11) is 0. The zero-order valence-corrected chi connectivity index (χ0v) is 16.4. The van der Waals surface area contributed by atoms with Crippen LogP contribution < -0.4 is 4.90 Å². The molecule has 0 unspecified atom stereocenters. The second-order valence-electron chi connectivity index (χ2n) is 6.01. The molecule has 0 aliphatic rings. The molecule has 0 spiro atoms. The van der Waals surface area contributed by atoms with Crippen molar-refractivity contribution in [2.24, 2.45) is 0 Å². The summed E-state index contributed by atoms with van der Waals surface area (Å²) in [6.45, 7) is 3.37. The summed E-state index contributed by atoms with van der Waals surface area (Å²) < 4.78 is 8.39. The van der Waals surface area contributed by atoms with Gasteiger partial charge in [0.15, 0.2) is 10.9 Å². The van der Waals surface area contributed by atoms with Gasteiger partial charge in [-0.2, -0.15) is 0 Å². The molecule has 0 radical (unpaired) electrons. The molecule has 8 heteroatoms. The number of hydrogen-bond donors (Lipinski definition) is 0. The average molecular weight is 403 g/mol. The molecule has 0 saturated carbocycles. The Morgan fingerprint density at radius 2 is 2.19 bits per heavy atom. The number of hydrogen-bond acceptors (Lipinski definition) is 5. The monoisotopic (exact) mass is 402 g/mol. The van der Waals surface area contributed by atoms with Gasteiger partial charge in [-0.25, -0.2) is 9.97 Å². The van der Waals surface area contributed by atoms with Crippen molar-refractivity contribution in [2.75, 3.05) is 11.4 Å². The smallest absolute Gasteiger partial charge is 0.295 e. The van der Waals surface area contributed by atoms with Crippen LogP contribution in [0.4, 0.5) is 5.13 Å². The van der Waals surface area contributed by atoms with Gasteiger partial charge in [0, 0.05) is 25.5 Å². The number of nitrogens with zero attached hydrogens (tertiary/aromatic N) is 4. The number of anilines is 1. The van der Waals surface area contributed by atoms with Gasteiger partial charge in [0.25, 0.3) is 5.91 Å². The van der Waals surface area contributed by atoms with Crippen LogP contribution >= 0.6 is 23.7 Å². The number of thiazole rings is 1. The van der Waals surface area contributed by atoms with Gasteiger partial charge < -0.3 is 8.98 Å². The molecular weight excluding hydrogens is 384 g/mol. The molecule has 1 aromatic carbocycles. The van der Waals surface area contributed by atoms with E-state index in [1.54, 1.807) is 29.6 Å². The number of furan rings is 1. The topological polar surface area (TPSA) is 64.2 Å². The molecule has 3 aromatic heterocycles. The minimum absolute atomic E-state index is 0. The van der Waals surface area contributed by atoms with Crippen molar-refractivity contribution < 1.29 is 9.21 Å². The number of imidazole rings is 1. The SMILES string of the molecule is Cc1cccc2sc(N(CCCn3ccnc3)C(=O)c3ccco3)nc12.Cl. The number of halogens is 1. The zero-order valence-electron chi connectivity index (χ0n) is 14.7. The fourth-order valence-electron chi connectivity index (χ4n) is 2.84. The van der Waals surface area contributed by atoms with Crippen LogP contribution in [0, 0.1) is 6.92 Å². The summed E-state index contributed by atoms with van der Waals surface area (Å²) in [5.41, 5.74) is 2.05. The minimum Gasteiger partial charge on any atom is -0.459 e. The first-order valence-corrected chi connectivity index (χ1v) is 9.21. The maximum absolute atomic E-state index is 12.9.